The first-order chi connectivity index (χ1) is 8.20. The lowest BCUT2D eigenvalue weighted by Gasteiger charge is -2.17. The summed E-state index contributed by atoms with van der Waals surface area (Å²) in [4.78, 5) is 1.09. The van der Waals surface area contributed by atoms with Gasteiger partial charge in [0.25, 0.3) is 0 Å². The van der Waals surface area contributed by atoms with Crippen LogP contribution in [0.2, 0.25) is 0 Å². The number of thiophene rings is 1. The first-order valence-corrected chi connectivity index (χ1v) is 6.78. The van der Waals surface area contributed by atoms with Gasteiger partial charge in [-0.1, -0.05) is 12.1 Å². The van der Waals surface area contributed by atoms with E-state index in [9.17, 15) is 4.39 Å². The fourth-order valence-electron chi connectivity index (χ4n) is 1.53. The molecule has 0 aliphatic heterocycles. The van der Waals surface area contributed by atoms with Crippen LogP contribution in [0.3, 0.4) is 0 Å². The van der Waals surface area contributed by atoms with Crippen LogP contribution in [0.15, 0.2) is 40.2 Å². The Morgan fingerprint density at radius 2 is 2.06 bits per heavy atom. The fraction of sp³-hybridized carbons (Fsp3) is 0.167. The van der Waals surface area contributed by atoms with Crippen LogP contribution in [0.5, 0.6) is 0 Å². The summed E-state index contributed by atoms with van der Waals surface area (Å²) in [7, 11) is 0. The van der Waals surface area contributed by atoms with Gasteiger partial charge in [0.1, 0.15) is 5.82 Å². The van der Waals surface area contributed by atoms with E-state index in [1.165, 1.54) is 6.07 Å². The van der Waals surface area contributed by atoms with E-state index in [1.807, 2.05) is 12.1 Å². The molecule has 1 unspecified atom stereocenters. The van der Waals surface area contributed by atoms with Crippen molar-refractivity contribution in [3.8, 4) is 0 Å². The number of rotatable bonds is 4. The number of hydrogen-bond donors (Lipinski definition) is 2. The molecule has 0 aliphatic rings. The highest BCUT2D eigenvalue weighted by molar-refractivity contribution is 9.11. The fourth-order valence-corrected chi connectivity index (χ4v) is 3.02. The van der Waals surface area contributed by atoms with Crippen LogP contribution >= 0.6 is 27.3 Å². The molecule has 2 rings (SSSR count). The van der Waals surface area contributed by atoms with Crippen LogP contribution in [0, 0.1) is 5.82 Å². The molecule has 17 heavy (non-hydrogen) atoms. The van der Waals surface area contributed by atoms with E-state index in [2.05, 4.69) is 21.2 Å². The van der Waals surface area contributed by atoms with Gasteiger partial charge in [0.05, 0.1) is 15.5 Å². The number of nitrogens with two attached hydrogens (primary N) is 1. The molecule has 1 aromatic carbocycles. The standard InChI is InChI=1S/C12H12BrFN2S/c13-12-6-5-11(17-12)10(7-15)16-9-4-2-1-3-8(9)14/h1-6,10,16H,7,15H2. The minimum atomic E-state index is -0.262. The summed E-state index contributed by atoms with van der Waals surface area (Å²) < 4.78 is 14.5. The van der Waals surface area contributed by atoms with Gasteiger partial charge in [-0.3, -0.25) is 0 Å². The van der Waals surface area contributed by atoms with Crippen molar-refractivity contribution < 1.29 is 4.39 Å². The van der Waals surface area contributed by atoms with Crippen molar-refractivity contribution >= 4 is 33.0 Å². The summed E-state index contributed by atoms with van der Waals surface area (Å²) in [6.45, 7) is 0.418. The van der Waals surface area contributed by atoms with Crippen LogP contribution in [0.25, 0.3) is 0 Å². The van der Waals surface area contributed by atoms with E-state index in [4.69, 9.17) is 5.73 Å². The molecule has 0 aliphatic carbocycles. The van der Waals surface area contributed by atoms with Gasteiger partial charge >= 0.3 is 0 Å². The Balaban J connectivity index is 2.18. The van der Waals surface area contributed by atoms with Gasteiger partial charge in [0, 0.05) is 11.4 Å². The maximum absolute atomic E-state index is 13.5. The summed E-state index contributed by atoms with van der Waals surface area (Å²) >= 11 is 5.00. The molecular formula is C12H12BrFN2S. The van der Waals surface area contributed by atoms with E-state index in [0.29, 0.717) is 12.2 Å². The molecule has 0 fully saturated rings. The van der Waals surface area contributed by atoms with Crippen LogP contribution < -0.4 is 11.1 Å². The number of halogens is 2. The van der Waals surface area contributed by atoms with Crippen LogP contribution in [-0.4, -0.2) is 6.54 Å². The number of hydrogen-bond acceptors (Lipinski definition) is 3. The summed E-state index contributed by atoms with van der Waals surface area (Å²) in [5, 5.41) is 3.12. The zero-order valence-electron chi connectivity index (χ0n) is 8.99. The molecule has 0 amide bonds. The van der Waals surface area contributed by atoms with Crippen molar-refractivity contribution in [3.05, 3.63) is 50.9 Å². The second-order valence-electron chi connectivity index (χ2n) is 3.55. The first-order valence-electron chi connectivity index (χ1n) is 5.17. The predicted molar refractivity (Wildman–Crippen MR) is 73.8 cm³/mol. The van der Waals surface area contributed by atoms with E-state index in [1.54, 1.807) is 29.5 Å². The highest BCUT2D eigenvalue weighted by Crippen LogP contribution is 2.29. The molecule has 5 heteroatoms. The van der Waals surface area contributed by atoms with E-state index < -0.39 is 0 Å². The summed E-state index contributed by atoms with van der Waals surface area (Å²) in [6.07, 6.45) is 0. The summed E-state index contributed by atoms with van der Waals surface area (Å²) in [5.74, 6) is -0.262. The van der Waals surface area contributed by atoms with Crippen LogP contribution in [0.4, 0.5) is 10.1 Å². The molecule has 0 saturated heterocycles. The third kappa shape index (κ3) is 3.06. The Morgan fingerprint density at radius 3 is 2.65 bits per heavy atom. The van der Waals surface area contributed by atoms with Gasteiger partial charge < -0.3 is 11.1 Å². The molecule has 1 heterocycles. The number of para-hydroxylation sites is 1. The molecule has 90 valence electrons. The van der Waals surface area contributed by atoms with Crippen molar-refractivity contribution in [1.29, 1.82) is 0 Å². The van der Waals surface area contributed by atoms with E-state index >= 15 is 0 Å². The maximum Gasteiger partial charge on any atom is 0.146 e. The topological polar surface area (TPSA) is 38.0 Å². The smallest absolute Gasteiger partial charge is 0.146 e. The van der Waals surface area contributed by atoms with Gasteiger partial charge in [0.15, 0.2) is 0 Å². The van der Waals surface area contributed by atoms with Crippen LogP contribution in [-0.2, 0) is 0 Å². The number of anilines is 1. The molecule has 3 N–H and O–H groups in total. The lowest BCUT2D eigenvalue weighted by atomic mass is 10.2. The van der Waals surface area contributed by atoms with E-state index in [-0.39, 0.29) is 11.9 Å². The lowest BCUT2D eigenvalue weighted by molar-refractivity contribution is 0.626. The molecule has 0 saturated carbocycles. The van der Waals surface area contributed by atoms with Gasteiger partial charge in [0.2, 0.25) is 0 Å². The van der Waals surface area contributed by atoms with Crippen molar-refractivity contribution in [2.24, 2.45) is 5.73 Å². The first kappa shape index (κ1) is 12.5. The Morgan fingerprint density at radius 1 is 1.29 bits per heavy atom. The second kappa shape index (κ2) is 5.62. The number of nitrogens with one attached hydrogen (secondary N) is 1. The van der Waals surface area contributed by atoms with Crippen molar-refractivity contribution in [2.75, 3.05) is 11.9 Å². The molecule has 0 spiro atoms. The quantitative estimate of drug-likeness (QED) is 0.901. The largest absolute Gasteiger partial charge is 0.374 e. The minimum Gasteiger partial charge on any atom is -0.374 e. The van der Waals surface area contributed by atoms with Gasteiger partial charge in [-0.25, -0.2) is 4.39 Å². The lowest BCUT2D eigenvalue weighted by Crippen LogP contribution is -2.20. The minimum absolute atomic E-state index is 0.0665. The molecule has 2 nitrogen and oxygen atoms in total. The highest BCUT2D eigenvalue weighted by Gasteiger charge is 2.13. The van der Waals surface area contributed by atoms with Crippen LogP contribution in [0.1, 0.15) is 10.9 Å². The predicted octanol–water partition coefficient (Wildman–Crippen LogP) is 3.76. The summed E-state index contributed by atoms with van der Waals surface area (Å²) in [6, 6.07) is 10.5. The molecule has 2 aromatic rings. The Kier molecular flexibility index (Phi) is 4.15. The van der Waals surface area contributed by atoms with Crippen molar-refractivity contribution in [3.63, 3.8) is 0 Å². The third-order valence-electron chi connectivity index (χ3n) is 2.38. The molecule has 0 radical (unpaired) electrons. The average Bonchev–Trinajstić information content (AvgIpc) is 2.75. The third-order valence-corrected chi connectivity index (χ3v) is 4.11. The zero-order chi connectivity index (χ0) is 12.3. The molecule has 1 aromatic heterocycles. The average molecular weight is 315 g/mol. The SMILES string of the molecule is NCC(Nc1ccccc1F)c1ccc(Br)s1. The molecular weight excluding hydrogens is 303 g/mol. The maximum atomic E-state index is 13.5. The number of benzene rings is 1. The molecule has 1 atom stereocenters. The second-order valence-corrected chi connectivity index (χ2v) is 6.05. The monoisotopic (exact) mass is 314 g/mol. The summed E-state index contributed by atoms with van der Waals surface area (Å²) in [5.41, 5.74) is 6.20. The molecule has 0 bridgehead atoms. The Labute approximate surface area is 112 Å². The zero-order valence-corrected chi connectivity index (χ0v) is 11.4. The van der Waals surface area contributed by atoms with Gasteiger partial charge in [-0.15, -0.1) is 11.3 Å². The van der Waals surface area contributed by atoms with Gasteiger partial charge in [-0.2, -0.15) is 0 Å². The Hall–Kier alpha value is -0.910. The van der Waals surface area contributed by atoms with Crippen molar-refractivity contribution in [2.45, 2.75) is 6.04 Å². The Bertz CT molecular complexity index is 501. The normalized spacial score (nSPS) is 12.4. The van der Waals surface area contributed by atoms with Crippen molar-refractivity contribution in [1.82, 2.24) is 0 Å². The van der Waals surface area contributed by atoms with E-state index in [0.717, 1.165) is 8.66 Å². The highest BCUT2D eigenvalue weighted by atomic mass is 79.9. The van der Waals surface area contributed by atoms with Gasteiger partial charge in [-0.05, 0) is 40.2 Å².